The van der Waals surface area contributed by atoms with Gasteiger partial charge in [0.25, 0.3) is 10.0 Å². The van der Waals surface area contributed by atoms with E-state index in [0.717, 1.165) is 43.7 Å². The Labute approximate surface area is 148 Å². The fourth-order valence-electron chi connectivity index (χ4n) is 2.70. The van der Waals surface area contributed by atoms with Crippen molar-refractivity contribution in [1.29, 1.82) is 0 Å². The minimum absolute atomic E-state index is 0.229. The molecular formula is C18H23N3O3S. The van der Waals surface area contributed by atoms with E-state index in [2.05, 4.69) is 15.0 Å². The summed E-state index contributed by atoms with van der Waals surface area (Å²) >= 11 is 0. The van der Waals surface area contributed by atoms with Gasteiger partial charge < -0.3 is 10.1 Å². The first-order chi connectivity index (χ1) is 12.1. The van der Waals surface area contributed by atoms with Crippen molar-refractivity contribution in [1.82, 2.24) is 4.98 Å². The molecule has 0 bridgehead atoms. The number of aromatic nitrogens is 1. The molecule has 0 saturated carbocycles. The van der Waals surface area contributed by atoms with Crippen LogP contribution in [-0.4, -0.2) is 32.7 Å². The molecule has 2 N–H and O–H groups in total. The van der Waals surface area contributed by atoms with E-state index in [1.165, 1.54) is 0 Å². The minimum Gasteiger partial charge on any atom is -0.381 e. The van der Waals surface area contributed by atoms with Gasteiger partial charge in [-0.1, -0.05) is 19.1 Å². The molecule has 0 radical (unpaired) electrons. The first kappa shape index (κ1) is 17.7. The molecule has 3 rings (SSSR count). The predicted molar refractivity (Wildman–Crippen MR) is 98.3 cm³/mol. The predicted octanol–water partition coefficient (Wildman–Crippen LogP) is 3.04. The molecule has 1 aromatic heterocycles. The Bertz CT molecular complexity index is 783. The highest BCUT2D eigenvalue weighted by molar-refractivity contribution is 7.92. The quantitative estimate of drug-likeness (QED) is 0.792. The van der Waals surface area contributed by atoms with E-state index in [-0.39, 0.29) is 11.0 Å². The Kier molecular flexibility index (Phi) is 5.55. The third-order valence-corrected chi connectivity index (χ3v) is 5.57. The molecule has 25 heavy (non-hydrogen) atoms. The zero-order chi connectivity index (χ0) is 17.7. The van der Waals surface area contributed by atoms with Crippen LogP contribution in [0, 0.1) is 0 Å². The van der Waals surface area contributed by atoms with Gasteiger partial charge >= 0.3 is 0 Å². The number of benzene rings is 1. The van der Waals surface area contributed by atoms with Crippen molar-refractivity contribution in [3.8, 4) is 0 Å². The Morgan fingerprint density at radius 2 is 2.00 bits per heavy atom. The van der Waals surface area contributed by atoms with Crippen LogP contribution >= 0.6 is 0 Å². The molecule has 0 aliphatic carbocycles. The van der Waals surface area contributed by atoms with Gasteiger partial charge in [-0.05, 0) is 49.1 Å². The summed E-state index contributed by atoms with van der Waals surface area (Å²) in [4.78, 5) is 4.40. The molecule has 2 aromatic rings. The normalized spacial score (nSPS) is 17.4. The van der Waals surface area contributed by atoms with Crippen molar-refractivity contribution in [2.45, 2.75) is 37.2 Å². The maximum absolute atomic E-state index is 12.4. The van der Waals surface area contributed by atoms with Crippen LogP contribution in [0.1, 0.15) is 25.3 Å². The van der Waals surface area contributed by atoms with E-state index in [0.29, 0.717) is 5.82 Å². The van der Waals surface area contributed by atoms with Crippen LogP contribution in [0.4, 0.5) is 11.5 Å². The maximum Gasteiger partial charge on any atom is 0.263 e. The number of nitrogens with one attached hydrogen (secondary N) is 2. The van der Waals surface area contributed by atoms with E-state index in [4.69, 9.17) is 4.74 Å². The van der Waals surface area contributed by atoms with Gasteiger partial charge in [0, 0.05) is 13.2 Å². The molecule has 1 fully saturated rings. The molecule has 134 valence electrons. The number of hydrogen-bond donors (Lipinski definition) is 2. The molecule has 1 saturated heterocycles. The molecule has 0 spiro atoms. The van der Waals surface area contributed by atoms with E-state index in [1.807, 2.05) is 19.1 Å². The Morgan fingerprint density at radius 3 is 2.60 bits per heavy atom. The lowest BCUT2D eigenvalue weighted by atomic mass is 10.2. The smallest absolute Gasteiger partial charge is 0.263 e. The number of nitrogens with zero attached hydrogens (tertiary/aromatic N) is 1. The lowest BCUT2D eigenvalue weighted by Crippen LogP contribution is -2.18. The second-order valence-electron chi connectivity index (χ2n) is 6.05. The second kappa shape index (κ2) is 7.84. The van der Waals surface area contributed by atoms with Crippen molar-refractivity contribution in [2.24, 2.45) is 0 Å². The van der Waals surface area contributed by atoms with Crippen LogP contribution in [0.15, 0.2) is 47.5 Å². The average Bonchev–Trinajstić information content (AvgIpc) is 3.14. The zero-order valence-electron chi connectivity index (χ0n) is 14.2. The van der Waals surface area contributed by atoms with Gasteiger partial charge in [-0.3, -0.25) is 4.72 Å². The molecule has 6 nitrogen and oxygen atoms in total. The Balaban J connectivity index is 1.61. The summed E-state index contributed by atoms with van der Waals surface area (Å²) in [6.07, 6.45) is 4.90. The van der Waals surface area contributed by atoms with Gasteiger partial charge in [0.1, 0.15) is 5.82 Å². The Morgan fingerprint density at radius 1 is 1.20 bits per heavy atom. The fraction of sp³-hybridized carbons (Fsp3) is 0.389. The lowest BCUT2D eigenvalue weighted by Gasteiger charge is -2.12. The third-order valence-electron chi connectivity index (χ3n) is 4.20. The van der Waals surface area contributed by atoms with Gasteiger partial charge in [-0.25, -0.2) is 13.4 Å². The molecule has 1 aromatic carbocycles. The highest BCUT2D eigenvalue weighted by Crippen LogP contribution is 2.18. The largest absolute Gasteiger partial charge is 0.381 e. The van der Waals surface area contributed by atoms with Crippen LogP contribution in [0.25, 0.3) is 0 Å². The maximum atomic E-state index is 12.4. The monoisotopic (exact) mass is 361 g/mol. The molecular weight excluding hydrogens is 338 g/mol. The number of pyridine rings is 1. The van der Waals surface area contributed by atoms with Crippen molar-refractivity contribution in [3.63, 3.8) is 0 Å². The minimum atomic E-state index is -3.63. The third kappa shape index (κ3) is 4.70. The van der Waals surface area contributed by atoms with E-state index >= 15 is 0 Å². The summed E-state index contributed by atoms with van der Waals surface area (Å²) in [5.74, 6) is 0.294. The standard InChI is InChI=1S/C18H23N3O3S/c1-2-14-5-8-17(9-6-14)25(22,23)21-18-10-7-15(12-20-18)19-13-16-4-3-11-24-16/h5-10,12,16,19H,2-4,11,13H2,1H3,(H,20,21). The number of aryl methyl sites for hydroxylation is 1. The summed E-state index contributed by atoms with van der Waals surface area (Å²) in [6, 6.07) is 10.3. The Hall–Kier alpha value is -2.12. The molecule has 1 aliphatic heterocycles. The van der Waals surface area contributed by atoms with E-state index in [9.17, 15) is 8.42 Å². The summed E-state index contributed by atoms with van der Waals surface area (Å²) in [5.41, 5.74) is 1.93. The molecule has 1 aliphatic rings. The van der Waals surface area contributed by atoms with Crippen LogP contribution in [0.3, 0.4) is 0 Å². The molecule has 0 amide bonds. The van der Waals surface area contributed by atoms with Crippen molar-refractivity contribution < 1.29 is 13.2 Å². The van der Waals surface area contributed by atoms with Gasteiger partial charge in [0.05, 0.1) is 22.9 Å². The highest BCUT2D eigenvalue weighted by atomic mass is 32.2. The van der Waals surface area contributed by atoms with Crippen LogP contribution < -0.4 is 10.0 Å². The fourth-order valence-corrected chi connectivity index (χ4v) is 3.71. The number of rotatable bonds is 7. The van der Waals surface area contributed by atoms with Crippen LogP contribution in [-0.2, 0) is 21.2 Å². The van der Waals surface area contributed by atoms with Gasteiger partial charge in [0.15, 0.2) is 0 Å². The van der Waals surface area contributed by atoms with Crippen molar-refractivity contribution in [3.05, 3.63) is 48.2 Å². The first-order valence-electron chi connectivity index (χ1n) is 8.50. The lowest BCUT2D eigenvalue weighted by molar-refractivity contribution is 0.120. The second-order valence-corrected chi connectivity index (χ2v) is 7.73. The number of hydrogen-bond acceptors (Lipinski definition) is 5. The van der Waals surface area contributed by atoms with Gasteiger partial charge in [0.2, 0.25) is 0 Å². The summed E-state index contributed by atoms with van der Waals surface area (Å²) in [7, 11) is -3.63. The average molecular weight is 361 g/mol. The van der Waals surface area contributed by atoms with Crippen LogP contribution in [0.5, 0.6) is 0 Å². The first-order valence-corrected chi connectivity index (χ1v) is 9.98. The van der Waals surface area contributed by atoms with Gasteiger partial charge in [-0.2, -0.15) is 0 Å². The summed E-state index contributed by atoms with van der Waals surface area (Å²) in [6.45, 7) is 3.58. The number of sulfonamides is 1. The molecule has 1 atom stereocenters. The SMILES string of the molecule is CCc1ccc(S(=O)(=O)Nc2ccc(NCC3CCCO3)cn2)cc1. The molecule has 2 heterocycles. The van der Waals surface area contributed by atoms with Crippen LogP contribution in [0.2, 0.25) is 0 Å². The number of ether oxygens (including phenoxy) is 1. The number of anilines is 2. The van der Waals surface area contributed by atoms with Crippen molar-refractivity contribution in [2.75, 3.05) is 23.2 Å². The van der Waals surface area contributed by atoms with E-state index in [1.54, 1.807) is 30.5 Å². The van der Waals surface area contributed by atoms with Gasteiger partial charge in [-0.15, -0.1) is 0 Å². The molecule has 7 heteroatoms. The van der Waals surface area contributed by atoms with Crippen molar-refractivity contribution >= 4 is 21.5 Å². The van der Waals surface area contributed by atoms with E-state index < -0.39 is 10.0 Å². The molecule has 1 unspecified atom stereocenters. The zero-order valence-corrected chi connectivity index (χ0v) is 15.1. The topological polar surface area (TPSA) is 80.3 Å². The highest BCUT2D eigenvalue weighted by Gasteiger charge is 2.16. The summed E-state index contributed by atoms with van der Waals surface area (Å²) in [5, 5.41) is 3.26. The summed E-state index contributed by atoms with van der Waals surface area (Å²) < 4.78 is 32.9.